The number of hydrogen-bond acceptors (Lipinski definition) is 2. The van der Waals surface area contributed by atoms with E-state index in [-0.39, 0.29) is 11.8 Å². The molecule has 2 atom stereocenters. The van der Waals surface area contributed by atoms with Crippen molar-refractivity contribution in [3.8, 4) is 5.75 Å². The molecule has 0 aliphatic heterocycles. The van der Waals surface area contributed by atoms with Gasteiger partial charge in [0.15, 0.2) is 0 Å². The van der Waals surface area contributed by atoms with Crippen molar-refractivity contribution in [2.45, 2.75) is 46.3 Å². The Morgan fingerprint density at radius 3 is 2.26 bits per heavy atom. The van der Waals surface area contributed by atoms with Gasteiger partial charge in [-0.25, -0.2) is 0 Å². The molecule has 0 radical (unpaired) electrons. The van der Waals surface area contributed by atoms with Crippen LogP contribution in [0, 0.1) is 5.92 Å². The lowest BCUT2D eigenvalue weighted by Gasteiger charge is -2.25. The number of nitrogens with one attached hydrogen (secondary N) is 1. The van der Waals surface area contributed by atoms with E-state index >= 15 is 0 Å². The molecular formula is C15H23F2NO. The Morgan fingerprint density at radius 1 is 1.16 bits per heavy atom. The summed E-state index contributed by atoms with van der Waals surface area (Å²) in [6, 6.07) is 7.18. The van der Waals surface area contributed by atoms with Crippen LogP contribution in [0.5, 0.6) is 5.75 Å². The molecule has 0 saturated carbocycles. The van der Waals surface area contributed by atoms with Crippen LogP contribution in [0.1, 0.15) is 45.2 Å². The van der Waals surface area contributed by atoms with E-state index in [0.717, 1.165) is 24.9 Å². The zero-order valence-corrected chi connectivity index (χ0v) is 11.8. The van der Waals surface area contributed by atoms with Crippen LogP contribution >= 0.6 is 0 Å². The molecule has 0 bridgehead atoms. The molecule has 1 rings (SSSR count). The maximum absolute atomic E-state index is 12.1. The van der Waals surface area contributed by atoms with Crippen molar-refractivity contribution in [1.82, 2.24) is 5.32 Å². The summed E-state index contributed by atoms with van der Waals surface area (Å²) in [4.78, 5) is 0. The number of ether oxygens (including phenoxy) is 1. The van der Waals surface area contributed by atoms with Gasteiger partial charge in [-0.15, -0.1) is 0 Å². The molecular weight excluding hydrogens is 248 g/mol. The largest absolute Gasteiger partial charge is 0.435 e. The molecule has 0 spiro atoms. The van der Waals surface area contributed by atoms with Crippen LogP contribution in [0.2, 0.25) is 0 Å². The summed E-state index contributed by atoms with van der Waals surface area (Å²) >= 11 is 0. The van der Waals surface area contributed by atoms with Crippen molar-refractivity contribution in [2.75, 3.05) is 6.54 Å². The van der Waals surface area contributed by atoms with Gasteiger partial charge in [0.25, 0.3) is 0 Å². The third-order valence-electron chi connectivity index (χ3n) is 3.29. The Balaban J connectivity index is 2.78. The first kappa shape index (κ1) is 15.9. The van der Waals surface area contributed by atoms with E-state index in [1.165, 1.54) is 0 Å². The molecule has 1 aromatic rings. The fraction of sp³-hybridized carbons (Fsp3) is 0.600. The van der Waals surface area contributed by atoms with Crippen LogP contribution < -0.4 is 10.1 Å². The monoisotopic (exact) mass is 271 g/mol. The van der Waals surface area contributed by atoms with E-state index in [1.807, 2.05) is 12.1 Å². The Morgan fingerprint density at radius 2 is 1.79 bits per heavy atom. The maximum atomic E-state index is 12.1. The summed E-state index contributed by atoms with van der Waals surface area (Å²) in [5.74, 6) is 0.700. The van der Waals surface area contributed by atoms with E-state index in [1.54, 1.807) is 12.1 Å². The number of hydrogen-bond donors (Lipinski definition) is 1. The molecule has 0 fully saturated rings. The molecule has 1 N–H and O–H groups in total. The molecule has 0 saturated heterocycles. The molecule has 0 aliphatic carbocycles. The third-order valence-corrected chi connectivity index (χ3v) is 3.29. The number of rotatable bonds is 8. The summed E-state index contributed by atoms with van der Waals surface area (Å²) in [5.41, 5.74) is 1.12. The minimum absolute atomic E-state index is 0.206. The molecule has 0 aliphatic rings. The average molecular weight is 271 g/mol. The van der Waals surface area contributed by atoms with Gasteiger partial charge in [0.1, 0.15) is 5.75 Å². The van der Waals surface area contributed by atoms with E-state index in [2.05, 4.69) is 30.8 Å². The van der Waals surface area contributed by atoms with Crippen molar-refractivity contribution in [1.29, 1.82) is 0 Å². The molecule has 0 heterocycles. The van der Waals surface area contributed by atoms with Gasteiger partial charge in [-0.05, 0) is 36.6 Å². The molecule has 19 heavy (non-hydrogen) atoms. The van der Waals surface area contributed by atoms with E-state index < -0.39 is 6.61 Å². The molecule has 0 aromatic heterocycles. The van der Waals surface area contributed by atoms with Gasteiger partial charge in [0, 0.05) is 6.04 Å². The fourth-order valence-electron chi connectivity index (χ4n) is 2.04. The molecule has 1 aromatic carbocycles. The van der Waals surface area contributed by atoms with Gasteiger partial charge in [0.2, 0.25) is 0 Å². The van der Waals surface area contributed by atoms with Crippen LogP contribution in [0.25, 0.3) is 0 Å². The zero-order valence-electron chi connectivity index (χ0n) is 11.8. The highest BCUT2D eigenvalue weighted by Gasteiger charge is 2.17. The highest BCUT2D eigenvalue weighted by atomic mass is 19.3. The summed E-state index contributed by atoms with van der Waals surface area (Å²) in [6.45, 7) is 4.65. The molecule has 2 unspecified atom stereocenters. The maximum Gasteiger partial charge on any atom is 0.387 e. The number of benzene rings is 1. The second kappa shape index (κ2) is 8.10. The second-order valence-corrected chi connectivity index (χ2v) is 4.76. The van der Waals surface area contributed by atoms with Crippen LogP contribution in [-0.2, 0) is 0 Å². The lowest BCUT2D eigenvalue weighted by molar-refractivity contribution is -0.0498. The van der Waals surface area contributed by atoms with Crippen molar-refractivity contribution < 1.29 is 13.5 Å². The summed E-state index contributed by atoms with van der Waals surface area (Å²) in [5, 5.41) is 3.51. The van der Waals surface area contributed by atoms with Gasteiger partial charge in [-0.2, -0.15) is 8.78 Å². The minimum Gasteiger partial charge on any atom is -0.435 e. The van der Waals surface area contributed by atoms with Crippen molar-refractivity contribution >= 4 is 0 Å². The summed E-state index contributed by atoms with van der Waals surface area (Å²) in [7, 11) is 0. The molecule has 2 nitrogen and oxygen atoms in total. The Bertz CT molecular complexity index is 354. The van der Waals surface area contributed by atoms with E-state index in [9.17, 15) is 8.78 Å². The van der Waals surface area contributed by atoms with Crippen molar-refractivity contribution in [3.63, 3.8) is 0 Å². The zero-order chi connectivity index (χ0) is 14.3. The van der Waals surface area contributed by atoms with Crippen LogP contribution in [-0.4, -0.2) is 13.2 Å². The SMILES string of the molecule is CCCNC(c1ccc(OC(F)F)cc1)C(C)CC. The van der Waals surface area contributed by atoms with Gasteiger partial charge < -0.3 is 10.1 Å². The molecule has 108 valence electrons. The lowest BCUT2D eigenvalue weighted by atomic mass is 9.92. The summed E-state index contributed by atoms with van der Waals surface area (Å²) in [6.07, 6.45) is 2.14. The topological polar surface area (TPSA) is 21.3 Å². The number of halogens is 2. The van der Waals surface area contributed by atoms with E-state index in [4.69, 9.17) is 0 Å². The predicted molar refractivity (Wildman–Crippen MR) is 73.6 cm³/mol. The Labute approximate surface area is 114 Å². The van der Waals surface area contributed by atoms with Gasteiger partial charge in [0.05, 0.1) is 0 Å². The second-order valence-electron chi connectivity index (χ2n) is 4.76. The quantitative estimate of drug-likeness (QED) is 0.758. The van der Waals surface area contributed by atoms with Crippen LogP contribution in [0.15, 0.2) is 24.3 Å². The van der Waals surface area contributed by atoms with Crippen molar-refractivity contribution in [3.05, 3.63) is 29.8 Å². The van der Waals surface area contributed by atoms with Gasteiger partial charge >= 0.3 is 6.61 Å². The standard InChI is InChI=1S/C15H23F2NO/c1-4-10-18-14(11(3)5-2)12-6-8-13(9-7-12)19-15(16)17/h6-9,11,14-15,18H,4-5,10H2,1-3H3. The first-order chi connectivity index (χ1) is 9.08. The average Bonchev–Trinajstić information content (AvgIpc) is 2.40. The highest BCUT2D eigenvalue weighted by molar-refractivity contribution is 5.29. The van der Waals surface area contributed by atoms with Gasteiger partial charge in [-0.3, -0.25) is 0 Å². The first-order valence-corrected chi connectivity index (χ1v) is 6.86. The fourth-order valence-corrected chi connectivity index (χ4v) is 2.04. The Kier molecular flexibility index (Phi) is 6.78. The summed E-state index contributed by atoms with van der Waals surface area (Å²) < 4.78 is 28.6. The number of alkyl halides is 2. The minimum atomic E-state index is -2.77. The highest BCUT2D eigenvalue weighted by Crippen LogP contribution is 2.26. The molecule has 4 heteroatoms. The Hall–Kier alpha value is -1.16. The first-order valence-electron chi connectivity index (χ1n) is 6.86. The van der Waals surface area contributed by atoms with Crippen molar-refractivity contribution in [2.24, 2.45) is 5.92 Å². The molecule has 0 amide bonds. The van der Waals surface area contributed by atoms with E-state index in [0.29, 0.717) is 5.92 Å². The van der Waals surface area contributed by atoms with Crippen LogP contribution in [0.3, 0.4) is 0 Å². The van der Waals surface area contributed by atoms with Gasteiger partial charge in [-0.1, -0.05) is 39.3 Å². The lowest BCUT2D eigenvalue weighted by Crippen LogP contribution is -2.27. The normalized spacial score (nSPS) is 14.4. The third kappa shape index (κ3) is 5.15. The predicted octanol–water partition coefficient (Wildman–Crippen LogP) is 4.37. The van der Waals surface area contributed by atoms with Crippen LogP contribution in [0.4, 0.5) is 8.78 Å². The smallest absolute Gasteiger partial charge is 0.387 e.